The Kier molecular flexibility index (Phi) is 5.57. The summed E-state index contributed by atoms with van der Waals surface area (Å²) >= 11 is 0. The fraction of sp³-hybridized carbons (Fsp3) is 0.250. The second kappa shape index (κ2) is 8.45. The fourth-order valence-electron chi connectivity index (χ4n) is 3.52. The van der Waals surface area contributed by atoms with E-state index in [-0.39, 0.29) is 17.9 Å². The number of furan rings is 1. The van der Waals surface area contributed by atoms with Gasteiger partial charge in [0.2, 0.25) is 0 Å². The number of hydrogen-bond donors (Lipinski definition) is 1. The Hall–Kier alpha value is -3.54. The van der Waals surface area contributed by atoms with Crippen LogP contribution in [0.25, 0.3) is 0 Å². The molecule has 2 aromatic carbocycles. The molecule has 6 heteroatoms. The molecule has 1 aromatic heterocycles. The number of anilines is 1. The lowest BCUT2D eigenvalue weighted by atomic mass is 9.98. The minimum absolute atomic E-state index is 0.0828. The number of nitrogens with zero attached hydrogens (tertiary/aromatic N) is 1. The summed E-state index contributed by atoms with van der Waals surface area (Å²) in [4.78, 5) is 26.9. The summed E-state index contributed by atoms with van der Waals surface area (Å²) in [5.41, 5.74) is 3.47. The maximum atomic E-state index is 12.6. The van der Waals surface area contributed by atoms with E-state index in [1.807, 2.05) is 32.0 Å². The Morgan fingerprint density at radius 3 is 2.57 bits per heavy atom. The summed E-state index contributed by atoms with van der Waals surface area (Å²) in [7, 11) is 0. The van der Waals surface area contributed by atoms with E-state index in [2.05, 4.69) is 5.32 Å². The Labute approximate surface area is 175 Å². The zero-order chi connectivity index (χ0) is 21.1. The number of benzene rings is 2. The molecular formula is C24H24N2O4. The van der Waals surface area contributed by atoms with Crippen LogP contribution in [0.2, 0.25) is 0 Å². The first-order valence-corrected chi connectivity index (χ1v) is 10.0. The summed E-state index contributed by atoms with van der Waals surface area (Å²) in [5, 5.41) is 2.94. The monoisotopic (exact) mass is 404 g/mol. The van der Waals surface area contributed by atoms with E-state index < -0.39 is 0 Å². The largest absolute Gasteiger partial charge is 0.491 e. The van der Waals surface area contributed by atoms with Crippen molar-refractivity contribution in [2.75, 3.05) is 11.9 Å². The minimum Gasteiger partial charge on any atom is -0.491 e. The molecule has 4 rings (SSSR count). The van der Waals surface area contributed by atoms with Crippen molar-refractivity contribution in [1.82, 2.24) is 4.90 Å². The number of ether oxygens (including phenoxy) is 1. The molecule has 1 aliphatic rings. The van der Waals surface area contributed by atoms with Crippen LogP contribution in [0.4, 0.5) is 5.69 Å². The molecule has 1 N–H and O–H groups in total. The van der Waals surface area contributed by atoms with Gasteiger partial charge in [-0.1, -0.05) is 6.07 Å². The van der Waals surface area contributed by atoms with Gasteiger partial charge in [0.25, 0.3) is 11.8 Å². The molecule has 0 spiro atoms. The number of carbonyl (C=O) groups excluding carboxylic acids is 2. The summed E-state index contributed by atoms with van der Waals surface area (Å²) in [5.74, 6) is 0.763. The molecule has 30 heavy (non-hydrogen) atoms. The van der Waals surface area contributed by atoms with Crippen LogP contribution in [0.15, 0.2) is 65.3 Å². The summed E-state index contributed by atoms with van der Waals surface area (Å²) in [6.45, 7) is 5.04. The highest BCUT2D eigenvalue weighted by molar-refractivity contribution is 6.04. The molecule has 0 aliphatic carbocycles. The van der Waals surface area contributed by atoms with Gasteiger partial charge >= 0.3 is 0 Å². The molecule has 2 amide bonds. The summed E-state index contributed by atoms with van der Waals surface area (Å²) in [6, 6.07) is 16.3. The molecule has 0 radical (unpaired) electrons. The highest BCUT2D eigenvalue weighted by Crippen LogP contribution is 2.24. The Morgan fingerprint density at radius 2 is 1.87 bits per heavy atom. The number of fused-ring (bicyclic) bond motifs is 1. The Morgan fingerprint density at radius 1 is 1.07 bits per heavy atom. The maximum Gasteiger partial charge on any atom is 0.289 e. The average Bonchev–Trinajstić information content (AvgIpc) is 3.27. The Bertz CT molecular complexity index is 1040. The predicted molar refractivity (Wildman–Crippen MR) is 114 cm³/mol. The molecule has 0 fully saturated rings. The Balaban J connectivity index is 1.44. The van der Waals surface area contributed by atoms with E-state index in [1.165, 1.54) is 11.8 Å². The molecule has 2 heterocycles. The van der Waals surface area contributed by atoms with Crippen molar-refractivity contribution < 1.29 is 18.7 Å². The first-order chi connectivity index (χ1) is 14.5. The SMILES string of the molecule is CC(C)Oc1ccc(C(=O)Nc2ccc3c(c2)CN(C(=O)c2ccco2)CC3)cc1. The van der Waals surface area contributed by atoms with Gasteiger partial charge < -0.3 is 19.4 Å². The van der Waals surface area contributed by atoms with Crippen molar-refractivity contribution in [3.63, 3.8) is 0 Å². The van der Waals surface area contributed by atoms with Gasteiger partial charge in [-0.3, -0.25) is 9.59 Å². The van der Waals surface area contributed by atoms with Gasteiger partial charge in [0, 0.05) is 24.3 Å². The van der Waals surface area contributed by atoms with Crippen LogP contribution in [0.3, 0.4) is 0 Å². The average molecular weight is 404 g/mol. The van der Waals surface area contributed by atoms with Crippen LogP contribution < -0.4 is 10.1 Å². The van der Waals surface area contributed by atoms with Crippen molar-refractivity contribution in [3.8, 4) is 5.75 Å². The topological polar surface area (TPSA) is 71.8 Å². The third-order valence-corrected chi connectivity index (χ3v) is 4.98. The van der Waals surface area contributed by atoms with Gasteiger partial charge in [-0.05, 0) is 79.9 Å². The standard InChI is InChI=1S/C24H24N2O4/c1-16(2)30-21-9-6-18(7-10-21)23(27)25-20-8-5-17-11-12-26(15-19(17)14-20)24(28)22-4-3-13-29-22/h3-10,13-14,16H,11-12,15H2,1-2H3,(H,25,27). The summed E-state index contributed by atoms with van der Waals surface area (Å²) in [6.07, 6.45) is 2.35. The van der Waals surface area contributed by atoms with E-state index in [9.17, 15) is 9.59 Å². The van der Waals surface area contributed by atoms with Crippen LogP contribution in [0.5, 0.6) is 5.75 Å². The number of nitrogens with one attached hydrogen (secondary N) is 1. The lowest BCUT2D eigenvalue weighted by molar-refractivity contribution is 0.0702. The molecule has 0 saturated heterocycles. The van der Waals surface area contributed by atoms with Crippen molar-refractivity contribution in [1.29, 1.82) is 0 Å². The van der Waals surface area contributed by atoms with Crippen LogP contribution in [-0.2, 0) is 13.0 Å². The minimum atomic E-state index is -0.189. The first kappa shape index (κ1) is 19.8. The molecule has 0 bridgehead atoms. The third-order valence-electron chi connectivity index (χ3n) is 4.98. The number of hydrogen-bond acceptors (Lipinski definition) is 4. The molecular weight excluding hydrogens is 380 g/mol. The number of rotatable bonds is 5. The van der Waals surface area contributed by atoms with Gasteiger partial charge in [0.15, 0.2) is 5.76 Å². The van der Waals surface area contributed by atoms with Gasteiger partial charge in [0.1, 0.15) is 5.75 Å². The third kappa shape index (κ3) is 4.38. The van der Waals surface area contributed by atoms with Crippen LogP contribution >= 0.6 is 0 Å². The van der Waals surface area contributed by atoms with E-state index in [0.717, 1.165) is 17.7 Å². The van der Waals surface area contributed by atoms with E-state index in [0.29, 0.717) is 30.1 Å². The van der Waals surface area contributed by atoms with E-state index in [1.54, 1.807) is 41.3 Å². The van der Waals surface area contributed by atoms with E-state index in [4.69, 9.17) is 9.15 Å². The van der Waals surface area contributed by atoms with Gasteiger partial charge in [0.05, 0.1) is 12.4 Å². The van der Waals surface area contributed by atoms with Crippen molar-refractivity contribution in [2.24, 2.45) is 0 Å². The maximum absolute atomic E-state index is 12.6. The van der Waals surface area contributed by atoms with Crippen LogP contribution in [0.1, 0.15) is 45.9 Å². The van der Waals surface area contributed by atoms with Gasteiger partial charge in [-0.2, -0.15) is 0 Å². The zero-order valence-electron chi connectivity index (χ0n) is 17.1. The normalized spacial score (nSPS) is 13.1. The smallest absolute Gasteiger partial charge is 0.289 e. The number of carbonyl (C=O) groups is 2. The molecule has 154 valence electrons. The van der Waals surface area contributed by atoms with E-state index >= 15 is 0 Å². The van der Waals surface area contributed by atoms with Crippen LogP contribution in [0, 0.1) is 0 Å². The lowest BCUT2D eigenvalue weighted by Crippen LogP contribution is -2.35. The quantitative estimate of drug-likeness (QED) is 0.679. The zero-order valence-corrected chi connectivity index (χ0v) is 17.1. The van der Waals surface area contributed by atoms with Crippen molar-refractivity contribution in [3.05, 3.63) is 83.3 Å². The highest BCUT2D eigenvalue weighted by Gasteiger charge is 2.23. The second-order valence-corrected chi connectivity index (χ2v) is 7.58. The molecule has 0 saturated carbocycles. The molecule has 0 unspecified atom stereocenters. The molecule has 1 aliphatic heterocycles. The molecule has 6 nitrogen and oxygen atoms in total. The van der Waals surface area contributed by atoms with Crippen LogP contribution in [-0.4, -0.2) is 29.4 Å². The predicted octanol–water partition coefficient (Wildman–Crippen LogP) is 4.52. The van der Waals surface area contributed by atoms with Crippen molar-refractivity contribution in [2.45, 2.75) is 32.9 Å². The van der Waals surface area contributed by atoms with Gasteiger partial charge in [-0.15, -0.1) is 0 Å². The number of amides is 2. The molecule has 3 aromatic rings. The second-order valence-electron chi connectivity index (χ2n) is 7.58. The first-order valence-electron chi connectivity index (χ1n) is 10.0. The fourth-order valence-corrected chi connectivity index (χ4v) is 3.52. The van der Waals surface area contributed by atoms with Crippen molar-refractivity contribution >= 4 is 17.5 Å². The molecule has 0 atom stereocenters. The highest BCUT2D eigenvalue weighted by atomic mass is 16.5. The lowest BCUT2D eigenvalue weighted by Gasteiger charge is -2.28. The van der Waals surface area contributed by atoms with Gasteiger partial charge in [-0.25, -0.2) is 0 Å². The summed E-state index contributed by atoms with van der Waals surface area (Å²) < 4.78 is 10.8.